The van der Waals surface area contributed by atoms with Crippen molar-refractivity contribution in [3.05, 3.63) is 40.9 Å². The van der Waals surface area contributed by atoms with E-state index in [0.717, 1.165) is 5.56 Å². The van der Waals surface area contributed by atoms with Crippen molar-refractivity contribution in [3.63, 3.8) is 0 Å². The summed E-state index contributed by atoms with van der Waals surface area (Å²) in [5, 5.41) is 15.4. The number of aromatic nitrogens is 2. The lowest BCUT2D eigenvalue weighted by atomic mass is 10.1. The van der Waals surface area contributed by atoms with Gasteiger partial charge in [-0.2, -0.15) is 5.26 Å². The van der Waals surface area contributed by atoms with E-state index in [1.807, 2.05) is 13.0 Å². The van der Waals surface area contributed by atoms with E-state index in [4.69, 9.17) is 16.9 Å². The van der Waals surface area contributed by atoms with E-state index in [2.05, 4.69) is 15.6 Å². The van der Waals surface area contributed by atoms with Gasteiger partial charge in [-0.1, -0.05) is 18.5 Å². The van der Waals surface area contributed by atoms with Gasteiger partial charge in [0.2, 0.25) is 11.7 Å². The fourth-order valence-electron chi connectivity index (χ4n) is 2.44. The minimum Gasteiger partial charge on any atom is -0.324 e. The number of likely N-dealkylation sites (N-methyl/N-ethyl adjacent to an activating group) is 1. The third-order valence-electron chi connectivity index (χ3n) is 3.36. The molecule has 0 aliphatic carbocycles. The summed E-state index contributed by atoms with van der Waals surface area (Å²) in [7, 11) is 0. The lowest BCUT2D eigenvalue weighted by molar-refractivity contribution is -0.117. The summed E-state index contributed by atoms with van der Waals surface area (Å²) in [6.07, 6.45) is 3.19. The van der Waals surface area contributed by atoms with Crippen molar-refractivity contribution in [3.8, 4) is 11.8 Å². The van der Waals surface area contributed by atoms with Gasteiger partial charge in [-0.3, -0.25) is 9.36 Å². The fourth-order valence-corrected chi connectivity index (χ4v) is 2.71. The summed E-state index contributed by atoms with van der Waals surface area (Å²) in [4.78, 5) is 15.9. The smallest absolute Gasteiger partial charge is 0.246 e. The number of amides is 1. The highest BCUT2D eigenvalue weighted by atomic mass is 35.5. The third kappa shape index (κ3) is 2.17. The van der Waals surface area contributed by atoms with Crippen LogP contribution in [0.3, 0.4) is 0 Å². The van der Waals surface area contributed by atoms with Crippen molar-refractivity contribution in [1.29, 1.82) is 5.26 Å². The van der Waals surface area contributed by atoms with E-state index in [1.54, 1.807) is 22.9 Å². The van der Waals surface area contributed by atoms with Gasteiger partial charge in [0, 0.05) is 23.6 Å². The van der Waals surface area contributed by atoms with Crippen LogP contribution in [0.15, 0.2) is 24.5 Å². The molecule has 1 aromatic heterocycles. The van der Waals surface area contributed by atoms with Crippen LogP contribution in [0.1, 0.15) is 24.4 Å². The van der Waals surface area contributed by atoms with Crippen LogP contribution in [0.4, 0.5) is 5.69 Å². The first-order valence-electron chi connectivity index (χ1n) is 6.47. The Bertz CT molecular complexity index is 761. The standard InChI is InChI=1S/C14H12ClN5O/c1-2-17-13-8-5-9(15)11(6-10(8)19-14(13)21)20-4-3-18-12(20)7-16/h3-6,13,17H,2H2,1H3,(H,19,21). The lowest BCUT2D eigenvalue weighted by Gasteiger charge is -2.12. The highest BCUT2D eigenvalue weighted by Gasteiger charge is 2.31. The number of anilines is 1. The summed E-state index contributed by atoms with van der Waals surface area (Å²) in [5.41, 5.74) is 2.12. The molecule has 21 heavy (non-hydrogen) atoms. The van der Waals surface area contributed by atoms with E-state index < -0.39 is 6.04 Å². The van der Waals surface area contributed by atoms with Crippen LogP contribution in [0.25, 0.3) is 5.69 Å². The summed E-state index contributed by atoms with van der Waals surface area (Å²) in [5.74, 6) is 0.135. The van der Waals surface area contributed by atoms with Gasteiger partial charge in [0.15, 0.2) is 0 Å². The molecule has 3 rings (SSSR count). The molecule has 0 bridgehead atoms. The van der Waals surface area contributed by atoms with Gasteiger partial charge < -0.3 is 10.6 Å². The topological polar surface area (TPSA) is 82.7 Å². The van der Waals surface area contributed by atoms with Gasteiger partial charge in [0.05, 0.1) is 10.7 Å². The molecule has 1 aromatic carbocycles. The van der Waals surface area contributed by atoms with Crippen molar-refractivity contribution in [2.24, 2.45) is 0 Å². The van der Waals surface area contributed by atoms with Crippen LogP contribution >= 0.6 is 11.6 Å². The second kappa shape index (κ2) is 5.20. The minimum absolute atomic E-state index is 0.105. The maximum Gasteiger partial charge on any atom is 0.246 e. The Balaban J connectivity index is 2.11. The number of nitrogens with zero attached hydrogens (tertiary/aromatic N) is 3. The number of benzene rings is 1. The van der Waals surface area contributed by atoms with Crippen LogP contribution in [-0.4, -0.2) is 22.0 Å². The van der Waals surface area contributed by atoms with Gasteiger partial charge in [0.25, 0.3) is 0 Å². The van der Waals surface area contributed by atoms with Gasteiger partial charge in [-0.25, -0.2) is 4.98 Å². The molecule has 0 saturated carbocycles. The molecule has 106 valence electrons. The van der Waals surface area contributed by atoms with Crippen LogP contribution in [0.5, 0.6) is 0 Å². The van der Waals surface area contributed by atoms with Gasteiger partial charge >= 0.3 is 0 Å². The number of hydrogen-bond donors (Lipinski definition) is 2. The zero-order valence-corrected chi connectivity index (χ0v) is 12.0. The van der Waals surface area contributed by atoms with Crippen molar-refractivity contribution in [1.82, 2.24) is 14.9 Å². The second-order valence-electron chi connectivity index (χ2n) is 4.60. The molecule has 2 N–H and O–H groups in total. The first-order chi connectivity index (χ1) is 10.2. The molecule has 2 heterocycles. The number of carbonyl (C=O) groups is 1. The minimum atomic E-state index is -0.394. The molecule has 0 saturated heterocycles. The maximum absolute atomic E-state index is 12.0. The average Bonchev–Trinajstić information content (AvgIpc) is 3.04. The average molecular weight is 302 g/mol. The Morgan fingerprint density at radius 1 is 1.57 bits per heavy atom. The first-order valence-corrected chi connectivity index (χ1v) is 6.85. The number of imidazole rings is 1. The van der Waals surface area contributed by atoms with Crippen LogP contribution in [-0.2, 0) is 4.79 Å². The molecule has 0 radical (unpaired) electrons. The molecule has 1 amide bonds. The SMILES string of the molecule is CCNC1C(=O)Nc2cc(-n3ccnc3C#N)c(Cl)cc21. The summed E-state index contributed by atoms with van der Waals surface area (Å²) >= 11 is 6.32. The molecular formula is C14H12ClN5O. The Labute approximate surface area is 126 Å². The van der Waals surface area contributed by atoms with Crippen LogP contribution in [0.2, 0.25) is 5.02 Å². The number of carbonyl (C=O) groups excluding carboxylic acids is 1. The van der Waals surface area contributed by atoms with Crippen molar-refractivity contribution in [2.75, 3.05) is 11.9 Å². The zero-order valence-electron chi connectivity index (χ0n) is 11.2. The number of hydrogen-bond acceptors (Lipinski definition) is 4. The highest BCUT2D eigenvalue weighted by Crippen LogP contribution is 2.36. The molecule has 2 aromatic rings. The predicted molar refractivity (Wildman–Crippen MR) is 78.3 cm³/mol. The summed E-state index contributed by atoms with van der Waals surface area (Å²) < 4.78 is 1.59. The number of halogens is 1. The number of nitriles is 1. The van der Waals surface area contributed by atoms with E-state index >= 15 is 0 Å². The maximum atomic E-state index is 12.0. The van der Waals surface area contributed by atoms with Crippen LogP contribution < -0.4 is 10.6 Å². The molecule has 0 fully saturated rings. The molecule has 1 atom stereocenters. The molecule has 0 spiro atoms. The van der Waals surface area contributed by atoms with Crippen LogP contribution in [0, 0.1) is 11.3 Å². The molecule has 7 heteroatoms. The Kier molecular flexibility index (Phi) is 3.37. The number of fused-ring (bicyclic) bond motifs is 1. The van der Waals surface area contributed by atoms with Gasteiger partial charge in [-0.15, -0.1) is 0 Å². The van der Waals surface area contributed by atoms with E-state index in [1.165, 1.54) is 6.20 Å². The van der Waals surface area contributed by atoms with Gasteiger partial charge in [-0.05, 0) is 18.7 Å². The normalized spacial score (nSPS) is 16.4. The zero-order chi connectivity index (χ0) is 15.0. The van der Waals surface area contributed by atoms with E-state index in [-0.39, 0.29) is 11.7 Å². The van der Waals surface area contributed by atoms with Crippen molar-refractivity contribution >= 4 is 23.2 Å². The Morgan fingerprint density at radius 2 is 2.38 bits per heavy atom. The molecule has 6 nitrogen and oxygen atoms in total. The largest absolute Gasteiger partial charge is 0.324 e. The molecular weight excluding hydrogens is 290 g/mol. The van der Waals surface area contributed by atoms with E-state index in [0.29, 0.717) is 22.9 Å². The highest BCUT2D eigenvalue weighted by molar-refractivity contribution is 6.32. The fraction of sp³-hybridized carbons (Fsp3) is 0.214. The quantitative estimate of drug-likeness (QED) is 0.908. The van der Waals surface area contributed by atoms with Gasteiger partial charge in [0.1, 0.15) is 12.1 Å². The van der Waals surface area contributed by atoms with Crippen molar-refractivity contribution in [2.45, 2.75) is 13.0 Å². The summed E-state index contributed by atoms with van der Waals surface area (Å²) in [6.45, 7) is 2.61. The third-order valence-corrected chi connectivity index (χ3v) is 3.66. The number of rotatable bonds is 3. The number of nitrogens with one attached hydrogen (secondary N) is 2. The molecule has 1 aliphatic heterocycles. The summed E-state index contributed by atoms with van der Waals surface area (Å²) in [6, 6.07) is 5.11. The Morgan fingerprint density at radius 3 is 3.10 bits per heavy atom. The molecule has 1 aliphatic rings. The predicted octanol–water partition coefficient (Wildman–Crippen LogP) is 2.00. The first kappa shape index (κ1) is 13.6. The van der Waals surface area contributed by atoms with Crippen molar-refractivity contribution < 1.29 is 4.79 Å². The lowest BCUT2D eigenvalue weighted by Crippen LogP contribution is -2.27. The second-order valence-corrected chi connectivity index (χ2v) is 5.01. The van der Waals surface area contributed by atoms with E-state index in [9.17, 15) is 4.79 Å². The molecule has 1 unspecified atom stereocenters. The Hall–Kier alpha value is -2.36. The monoisotopic (exact) mass is 301 g/mol.